The van der Waals surface area contributed by atoms with Crippen molar-refractivity contribution in [3.05, 3.63) is 46.4 Å². The topological polar surface area (TPSA) is 46.2 Å². The number of aromatic nitrogens is 1. The van der Waals surface area contributed by atoms with Crippen molar-refractivity contribution in [2.45, 2.75) is 31.5 Å². The number of hydrogen-bond donors (Lipinski definition) is 2. The molecule has 1 saturated heterocycles. The SMILES string of the molecule is FC1(F)CCNCC1NCc1ccc(OCc2cscn2)cc1. The first-order valence-corrected chi connectivity index (χ1v) is 8.48. The minimum Gasteiger partial charge on any atom is -0.487 e. The van der Waals surface area contributed by atoms with Crippen LogP contribution in [0.15, 0.2) is 35.2 Å². The maximum absolute atomic E-state index is 13.7. The lowest BCUT2D eigenvalue weighted by atomic mass is 10.0. The van der Waals surface area contributed by atoms with Crippen LogP contribution in [0.25, 0.3) is 0 Å². The standard InChI is InChI=1S/C16H19F2N3OS/c17-16(18)5-6-19-8-15(16)20-7-12-1-3-14(4-2-12)22-9-13-10-23-11-21-13/h1-4,10-11,15,19-20H,5-9H2. The molecule has 1 aliphatic rings. The van der Waals surface area contributed by atoms with Gasteiger partial charge in [-0.25, -0.2) is 13.8 Å². The Morgan fingerprint density at radius 1 is 1.35 bits per heavy atom. The van der Waals surface area contributed by atoms with Crippen LogP contribution >= 0.6 is 11.3 Å². The predicted molar refractivity (Wildman–Crippen MR) is 85.9 cm³/mol. The fourth-order valence-corrected chi connectivity index (χ4v) is 3.00. The number of rotatable bonds is 6. The van der Waals surface area contributed by atoms with E-state index in [0.29, 0.717) is 26.2 Å². The number of alkyl halides is 2. The number of benzene rings is 1. The molecule has 1 aromatic heterocycles. The molecule has 0 aliphatic carbocycles. The van der Waals surface area contributed by atoms with Gasteiger partial charge in [-0.2, -0.15) is 0 Å². The van der Waals surface area contributed by atoms with Crippen LogP contribution in [0, 0.1) is 0 Å². The largest absolute Gasteiger partial charge is 0.487 e. The molecule has 0 spiro atoms. The zero-order valence-corrected chi connectivity index (χ0v) is 13.4. The van der Waals surface area contributed by atoms with Crippen LogP contribution in [0.3, 0.4) is 0 Å². The number of nitrogens with one attached hydrogen (secondary N) is 2. The molecule has 1 aromatic carbocycles. The van der Waals surface area contributed by atoms with Gasteiger partial charge in [0.25, 0.3) is 5.92 Å². The zero-order chi connectivity index (χ0) is 16.1. The summed E-state index contributed by atoms with van der Waals surface area (Å²) in [7, 11) is 0. The molecule has 2 heterocycles. The van der Waals surface area contributed by atoms with Crippen LogP contribution in [0.1, 0.15) is 17.7 Å². The second kappa shape index (κ2) is 7.33. The van der Waals surface area contributed by atoms with E-state index in [-0.39, 0.29) is 6.42 Å². The van der Waals surface area contributed by atoms with Crippen molar-refractivity contribution in [2.75, 3.05) is 13.1 Å². The van der Waals surface area contributed by atoms with E-state index >= 15 is 0 Å². The molecule has 1 unspecified atom stereocenters. The van der Waals surface area contributed by atoms with Crippen molar-refractivity contribution in [2.24, 2.45) is 0 Å². The predicted octanol–water partition coefficient (Wildman–Crippen LogP) is 2.81. The van der Waals surface area contributed by atoms with Crippen LogP contribution in [-0.2, 0) is 13.2 Å². The molecule has 4 nitrogen and oxygen atoms in total. The van der Waals surface area contributed by atoms with Gasteiger partial charge < -0.3 is 15.4 Å². The number of nitrogens with zero attached hydrogens (tertiary/aromatic N) is 1. The molecular weight excluding hydrogens is 320 g/mol. The van der Waals surface area contributed by atoms with E-state index in [1.807, 2.05) is 29.6 Å². The molecule has 1 atom stereocenters. The molecule has 124 valence electrons. The number of piperidine rings is 1. The molecule has 3 rings (SSSR count). The summed E-state index contributed by atoms with van der Waals surface area (Å²) in [6.45, 7) is 1.51. The van der Waals surface area contributed by atoms with E-state index in [2.05, 4.69) is 15.6 Å². The van der Waals surface area contributed by atoms with Crippen LogP contribution in [0.4, 0.5) is 8.78 Å². The van der Waals surface area contributed by atoms with E-state index in [9.17, 15) is 8.78 Å². The van der Waals surface area contributed by atoms with Gasteiger partial charge in [-0.3, -0.25) is 0 Å². The van der Waals surface area contributed by atoms with Gasteiger partial charge in [0.15, 0.2) is 0 Å². The Balaban J connectivity index is 1.49. The minimum atomic E-state index is -2.65. The van der Waals surface area contributed by atoms with E-state index in [1.165, 1.54) is 11.3 Å². The quantitative estimate of drug-likeness (QED) is 0.850. The fourth-order valence-electron chi connectivity index (χ4n) is 2.46. The number of ether oxygens (including phenoxy) is 1. The van der Waals surface area contributed by atoms with Gasteiger partial charge in [-0.05, 0) is 17.7 Å². The highest BCUT2D eigenvalue weighted by Gasteiger charge is 2.40. The molecule has 23 heavy (non-hydrogen) atoms. The number of thiazole rings is 1. The summed E-state index contributed by atoms with van der Waals surface area (Å²) in [5.41, 5.74) is 3.61. The first kappa shape index (κ1) is 16.3. The highest BCUT2D eigenvalue weighted by atomic mass is 32.1. The third-order valence-electron chi connectivity index (χ3n) is 3.84. The van der Waals surface area contributed by atoms with E-state index < -0.39 is 12.0 Å². The van der Waals surface area contributed by atoms with Crippen LogP contribution in [0.2, 0.25) is 0 Å². The molecule has 1 fully saturated rings. The zero-order valence-electron chi connectivity index (χ0n) is 12.6. The van der Waals surface area contributed by atoms with E-state index in [4.69, 9.17) is 4.74 Å². The molecule has 0 bridgehead atoms. The Morgan fingerprint density at radius 3 is 2.87 bits per heavy atom. The maximum atomic E-state index is 13.7. The highest BCUT2D eigenvalue weighted by molar-refractivity contribution is 7.07. The second-order valence-corrected chi connectivity index (χ2v) is 6.28. The Hall–Kier alpha value is -1.57. The molecule has 0 radical (unpaired) electrons. The average molecular weight is 339 g/mol. The average Bonchev–Trinajstić information content (AvgIpc) is 3.06. The fraction of sp³-hybridized carbons (Fsp3) is 0.438. The van der Waals surface area contributed by atoms with Crippen molar-refractivity contribution in [3.63, 3.8) is 0 Å². The lowest BCUT2D eigenvalue weighted by Gasteiger charge is -2.32. The summed E-state index contributed by atoms with van der Waals surface area (Å²) in [5, 5.41) is 7.88. The molecular formula is C16H19F2N3OS. The summed E-state index contributed by atoms with van der Waals surface area (Å²) >= 11 is 1.53. The van der Waals surface area contributed by atoms with E-state index in [0.717, 1.165) is 17.0 Å². The van der Waals surface area contributed by atoms with Crippen LogP contribution < -0.4 is 15.4 Å². The Labute approximate surface area is 137 Å². The molecule has 0 saturated carbocycles. The molecule has 2 aromatic rings. The summed E-state index contributed by atoms with van der Waals surface area (Å²) in [6.07, 6.45) is -0.117. The second-order valence-electron chi connectivity index (χ2n) is 5.56. The smallest absolute Gasteiger partial charge is 0.265 e. The Kier molecular flexibility index (Phi) is 5.20. The number of hydrogen-bond acceptors (Lipinski definition) is 5. The van der Waals surface area contributed by atoms with Gasteiger partial charge in [0.1, 0.15) is 12.4 Å². The van der Waals surface area contributed by atoms with Crippen molar-refractivity contribution in [1.29, 1.82) is 0 Å². The van der Waals surface area contributed by atoms with Crippen molar-refractivity contribution < 1.29 is 13.5 Å². The van der Waals surface area contributed by atoms with Gasteiger partial charge in [0, 0.05) is 31.4 Å². The molecule has 0 amide bonds. The maximum Gasteiger partial charge on any atom is 0.265 e. The third kappa shape index (κ3) is 4.46. The highest BCUT2D eigenvalue weighted by Crippen LogP contribution is 2.25. The van der Waals surface area contributed by atoms with Gasteiger partial charge >= 0.3 is 0 Å². The first-order valence-electron chi connectivity index (χ1n) is 7.54. The lowest BCUT2D eigenvalue weighted by Crippen LogP contribution is -2.55. The Bertz CT molecular complexity index is 604. The normalized spacial score (nSPS) is 20.3. The lowest BCUT2D eigenvalue weighted by molar-refractivity contribution is -0.0572. The summed E-state index contributed by atoms with van der Waals surface area (Å²) < 4.78 is 33.1. The monoisotopic (exact) mass is 339 g/mol. The van der Waals surface area contributed by atoms with Crippen molar-refractivity contribution in [3.8, 4) is 5.75 Å². The van der Waals surface area contributed by atoms with Crippen molar-refractivity contribution in [1.82, 2.24) is 15.6 Å². The molecule has 2 N–H and O–H groups in total. The summed E-state index contributed by atoms with van der Waals surface area (Å²) in [5.74, 6) is -1.91. The molecule has 1 aliphatic heterocycles. The van der Waals surface area contributed by atoms with Crippen molar-refractivity contribution >= 4 is 11.3 Å². The Morgan fingerprint density at radius 2 is 2.17 bits per heavy atom. The van der Waals surface area contributed by atoms with Gasteiger partial charge in [-0.15, -0.1) is 11.3 Å². The van der Waals surface area contributed by atoms with Gasteiger partial charge in [-0.1, -0.05) is 12.1 Å². The summed E-state index contributed by atoms with van der Waals surface area (Å²) in [4.78, 5) is 4.15. The van der Waals surface area contributed by atoms with Crippen LogP contribution in [-0.4, -0.2) is 30.0 Å². The first-order chi connectivity index (χ1) is 11.1. The number of halogens is 2. The summed E-state index contributed by atoms with van der Waals surface area (Å²) in [6, 6.07) is 6.65. The van der Waals surface area contributed by atoms with E-state index in [1.54, 1.807) is 5.51 Å². The third-order valence-corrected chi connectivity index (χ3v) is 4.47. The van der Waals surface area contributed by atoms with Gasteiger partial charge in [0.05, 0.1) is 17.2 Å². The minimum absolute atomic E-state index is 0.117. The molecule has 7 heteroatoms. The van der Waals surface area contributed by atoms with Crippen LogP contribution in [0.5, 0.6) is 5.75 Å². The van der Waals surface area contributed by atoms with Gasteiger partial charge in [0.2, 0.25) is 0 Å².